The van der Waals surface area contributed by atoms with E-state index in [1.165, 1.54) is 12.8 Å². The Morgan fingerprint density at radius 1 is 1.07 bits per heavy atom. The minimum atomic E-state index is -1.69. The van der Waals surface area contributed by atoms with Crippen LogP contribution in [0.5, 0.6) is 0 Å². The maximum Gasteiger partial charge on any atom is 0.407 e. The molecule has 0 bridgehead atoms. The first-order chi connectivity index (χ1) is 12.6. The summed E-state index contributed by atoms with van der Waals surface area (Å²) in [6.45, 7) is 18.1. The molecular formula is C22H46N2O3Si. The molecule has 0 saturated heterocycles. The van der Waals surface area contributed by atoms with Gasteiger partial charge in [0.05, 0.1) is 0 Å². The molecular weight excluding hydrogens is 368 g/mol. The van der Waals surface area contributed by atoms with Crippen molar-refractivity contribution in [1.29, 1.82) is 0 Å². The predicted octanol–water partition coefficient (Wildman–Crippen LogP) is 5.41. The first-order valence-corrected chi connectivity index (χ1v) is 13.8. The molecule has 0 aromatic carbocycles. The van der Waals surface area contributed by atoms with Crippen LogP contribution in [0.3, 0.4) is 0 Å². The van der Waals surface area contributed by atoms with Crippen LogP contribution >= 0.6 is 0 Å². The quantitative estimate of drug-likeness (QED) is 0.566. The lowest BCUT2D eigenvalue weighted by molar-refractivity contribution is 0.0478. The molecule has 1 saturated carbocycles. The van der Waals surface area contributed by atoms with Crippen LogP contribution in [-0.4, -0.2) is 57.7 Å². The Morgan fingerprint density at radius 2 is 1.61 bits per heavy atom. The summed E-state index contributed by atoms with van der Waals surface area (Å²) in [4.78, 5) is 14.4. The third kappa shape index (κ3) is 9.27. The summed E-state index contributed by atoms with van der Waals surface area (Å²) in [5.74, 6) is 0.638. The number of carbonyl (C=O) groups excluding carboxylic acids is 1. The fraction of sp³-hybridized carbons (Fsp3) is 0.955. The molecule has 5 nitrogen and oxygen atoms in total. The summed E-state index contributed by atoms with van der Waals surface area (Å²) in [6, 6.07) is 0.118. The van der Waals surface area contributed by atoms with E-state index in [-0.39, 0.29) is 17.2 Å². The van der Waals surface area contributed by atoms with Crippen molar-refractivity contribution >= 4 is 14.4 Å². The average Bonchev–Trinajstić information content (AvgIpc) is 2.44. The number of amides is 1. The third-order valence-electron chi connectivity index (χ3n) is 5.99. The molecule has 0 aromatic heterocycles. The summed E-state index contributed by atoms with van der Waals surface area (Å²) in [5.41, 5.74) is -0.466. The van der Waals surface area contributed by atoms with Gasteiger partial charge in [-0.25, -0.2) is 4.79 Å². The van der Waals surface area contributed by atoms with Crippen molar-refractivity contribution in [2.75, 3.05) is 20.6 Å². The minimum Gasteiger partial charge on any atom is -0.444 e. The fourth-order valence-electron chi connectivity index (χ4n) is 3.58. The third-order valence-corrected chi connectivity index (χ3v) is 10.5. The second kappa shape index (κ2) is 9.94. The number of nitrogens with one attached hydrogen (secondary N) is 1. The molecule has 166 valence electrons. The highest BCUT2D eigenvalue weighted by Crippen LogP contribution is 2.40. The molecule has 0 unspecified atom stereocenters. The molecule has 1 aliphatic rings. The van der Waals surface area contributed by atoms with Crippen molar-refractivity contribution in [1.82, 2.24) is 10.2 Å². The average molecular weight is 415 g/mol. The molecule has 0 spiro atoms. The zero-order chi connectivity index (χ0) is 21.8. The van der Waals surface area contributed by atoms with Gasteiger partial charge in [-0.2, -0.15) is 0 Å². The van der Waals surface area contributed by atoms with Crippen molar-refractivity contribution in [2.24, 2.45) is 5.92 Å². The number of carbonyl (C=O) groups is 1. The number of ether oxygens (including phenoxy) is 1. The number of hydrogen-bond donors (Lipinski definition) is 1. The maximum atomic E-state index is 12.2. The van der Waals surface area contributed by atoms with Gasteiger partial charge in [0, 0.05) is 18.7 Å². The highest BCUT2D eigenvalue weighted by atomic mass is 28.4. The van der Waals surface area contributed by atoms with E-state index in [2.05, 4.69) is 44.1 Å². The van der Waals surface area contributed by atoms with Gasteiger partial charge in [0.1, 0.15) is 5.60 Å². The molecule has 1 amide bonds. The van der Waals surface area contributed by atoms with E-state index in [1.54, 1.807) is 0 Å². The van der Waals surface area contributed by atoms with Crippen LogP contribution in [0.1, 0.15) is 73.6 Å². The number of nitrogens with zero attached hydrogens (tertiary/aromatic N) is 1. The second-order valence-corrected chi connectivity index (χ2v) is 16.1. The normalized spacial score (nSPS) is 22.8. The maximum absolute atomic E-state index is 12.2. The number of likely N-dealkylation sites (N-methyl/N-ethyl adjacent to an activating group) is 1. The van der Waals surface area contributed by atoms with Gasteiger partial charge in [0.15, 0.2) is 8.32 Å². The first-order valence-electron chi connectivity index (χ1n) is 10.9. The SMILES string of the molecule is CN(C)C[C@H](CC1CCC(O[Si](C)(C)C(C)(C)C)CC1)NC(=O)OC(C)(C)C. The molecule has 28 heavy (non-hydrogen) atoms. The Bertz CT molecular complexity index is 487. The molecule has 1 N–H and O–H groups in total. The van der Waals surface area contributed by atoms with Gasteiger partial charge in [0.2, 0.25) is 0 Å². The highest BCUT2D eigenvalue weighted by molar-refractivity contribution is 6.74. The molecule has 1 fully saturated rings. The van der Waals surface area contributed by atoms with E-state index >= 15 is 0 Å². The smallest absolute Gasteiger partial charge is 0.407 e. The van der Waals surface area contributed by atoms with Gasteiger partial charge in [-0.05, 0) is 91.0 Å². The number of rotatable bonds is 7. The summed E-state index contributed by atoms with van der Waals surface area (Å²) in [6.07, 6.45) is 5.73. The van der Waals surface area contributed by atoms with Crippen LogP contribution < -0.4 is 5.32 Å². The Morgan fingerprint density at radius 3 is 2.04 bits per heavy atom. The molecule has 1 atom stereocenters. The zero-order valence-electron chi connectivity index (χ0n) is 20.1. The van der Waals surface area contributed by atoms with Gasteiger partial charge in [-0.3, -0.25) is 0 Å². The van der Waals surface area contributed by atoms with Crippen LogP contribution in [0, 0.1) is 5.92 Å². The lowest BCUT2D eigenvalue weighted by Gasteiger charge is -2.41. The van der Waals surface area contributed by atoms with Gasteiger partial charge in [-0.15, -0.1) is 0 Å². The lowest BCUT2D eigenvalue weighted by atomic mass is 9.83. The molecule has 1 rings (SSSR count). The van der Waals surface area contributed by atoms with Crippen molar-refractivity contribution in [2.45, 2.75) is 110 Å². The largest absolute Gasteiger partial charge is 0.444 e. The lowest BCUT2D eigenvalue weighted by Crippen LogP contribution is -2.46. The van der Waals surface area contributed by atoms with Crippen molar-refractivity contribution in [3.05, 3.63) is 0 Å². The van der Waals surface area contributed by atoms with Crippen LogP contribution in [-0.2, 0) is 9.16 Å². The Hall–Kier alpha value is -0.593. The number of hydrogen-bond acceptors (Lipinski definition) is 4. The van der Waals surface area contributed by atoms with Crippen LogP contribution in [0.4, 0.5) is 4.79 Å². The molecule has 0 aliphatic heterocycles. The summed E-state index contributed by atoms with van der Waals surface area (Å²) >= 11 is 0. The van der Waals surface area contributed by atoms with E-state index in [1.807, 2.05) is 34.9 Å². The highest BCUT2D eigenvalue weighted by Gasteiger charge is 2.40. The summed E-state index contributed by atoms with van der Waals surface area (Å²) in [7, 11) is 2.41. The Kier molecular flexibility index (Phi) is 9.03. The monoisotopic (exact) mass is 414 g/mol. The van der Waals surface area contributed by atoms with Crippen molar-refractivity contribution < 1.29 is 14.0 Å². The molecule has 0 heterocycles. The van der Waals surface area contributed by atoms with E-state index in [4.69, 9.17) is 9.16 Å². The fourth-order valence-corrected chi connectivity index (χ4v) is 5.00. The van der Waals surface area contributed by atoms with Crippen LogP contribution in [0.25, 0.3) is 0 Å². The van der Waals surface area contributed by atoms with E-state index in [9.17, 15) is 4.79 Å². The zero-order valence-corrected chi connectivity index (χ0v) is 21.1. The van der Waals surface area contributed by atoms with E-state index in [0.717, 1.165) is 25.8 Å². The van der Waals surface area contributed by atoms with Gasteiger partial charge >= 0.3 is 6.09 Å². The Labute approximate surface area is 175 Å². The van der Waals surface area contributed by atoms with Crippen molar-refractivity contribution in [3.63, 3.8) is 0 Å². The van der Waals surface area contributed by atoms with Gasteiger partial charge < -0.3 is 19.4 Å². The van der Waals surface area contributed by atoms with Crippen LogP contribution in [0.15, 0.2) is 0 Å². The summed E-state index contributed by atoms with van der Waals surface area (Å²) < 4.78 is 12.1. The summed E-state index contributed by atoms with van der Waals surface area (Å²) in [5, 5.41) is 3.36. The first kappa shape index (κ1) is 25.4. The van der Waals surface area contributed by atoms with Gasteiger partial charge in [-0.1, -0.05) is 20.8 Å². The molecule has 1 aliphatic carbocycles. The second-order valence-electron chi connectivity index (χ2n) is 11.4. The molecule has 0 radical (unpaired) electrons. The predicted molar refractivity (Wildman–Crippen MR) is 120 cm³/mol. The minimum absolute atomic E-state index is 0.118. The topological polar surface area (TPSA) is 50.8 Å². The van der Waals surface area contributed by atoms with Crippen molar-refractivity contribution in [3.8, 4) is 0 Å². The number of alkyl carbamates (subject to hydrolysis) is 1. The van der Waals surface area contributed by atoms with E-state index < -0.39 is 13.9 Å². The molecule has 0 aromatic rings. The van der Waals surface area contributed by atoms with Gasteiger partial charge in [0.25, 0.3) is 0 Å². The van der Waals surface area contributed by atoms with E-state index in [0.29, 0.717) is 12.0 Å². The Balaban J connectivity index is 2.55. The standard InChI is InChI=1S/C22H46N2O3Si/c1-21(2,3)26-20(25)23-18(16-24(7)8)15-17-11-13-19(14-12-17)27-28(9,10)22(4,5)6/h17-19H,11-16H2,1-10H3,(H,23,25)/t17?,18-,19?/m0/s1. The molecule has 6 heteroatoms. The van der Waals surface area contributed by atoms with Crippen LogP contribution in [0.2, 0.25) is 18.1 Å².